The largest absolute Gasteiger partial charge is 0.303 e. The van der Waals surface area contributed by atoms with Crippen LogP contribution in [0.1, 0.15) is 26.2 Å². The summed E-state index contributed by atoms with van der Waals surface area (Å²) < 4.78 is 0. The lowest BCUT2D eigenvalue weighted by molar-refractivity contribution is 0.174. The van der Waals surface area contributed by atoms with Crippen LogP contribution in [0.5, 0.6) is 0 Å². The summed E-state index contributed by atoms with van der Waals surface area (Å²) in [5.74, 6) is 0.889. The molecule has 2 aliphatic rings. The van der Waals surface area contributed by atoms with Gasteiger partial charge in [0.05, 0.1) is 6.07 Å². The molecule has 0 bridgehead atoms. The van der Waals surface area contributed by atoms with Crippen LogP contribution in [0.15, 0.2) is 0 Å². The van der Waals surface area contributed by atoms with Gasteiger partial charge in [-0.15, -0.1) is 0 Å². The molecule has 66 valence electrons. The van der Waals surface area contributed by atoms with Gasteiger partial charge in [-0.1, -0.05) is 6.92 Å². The van der Waals surface area contributed by atoms with Crippen molar-refractivity contribution in [3.05, 3.63) is 0 Å². The lowest BCUT2D eigenvalue weighted by Gasteiger charge is -2.30. The van der Waals surface area contributed by atoms with Crippen LogP contribution in [0.3, 0.4) is 0 Å². The molecule has 12 heavy (non-hydrogen) atoms. The standard InChI is InChI=1S/C10H16N2/c1-2-12-6-3-9-7-10(9,8-12)4-5-11/h9H,2-4,6-8H2,1H3. The van der Waals surface area contributed by atoms with Crippen molar-refractivity contribution in [2.75, 3.05) is 19.6 Å². The molecule has 0 amide bonds. The number of rotatable bonds is 2. The lowest BCUT2D eigenvalue weighted by Crippen LogP contribution is -2.36. The number of likely N-dealkylation sites (tertiary alicyclic amines) is 1. The Morgan fingerprint density at radius 1 is 1.67 bits per heavy atom. The molecule has 2 fully saturated rings. The van der Waals surface area contributed by atoms with Crippen LogP contribution in [0.4, 0.5) is 0 Å². The number of piperidine rings is 1. The first-order chi connectivity index (χ1) is 5.80. The monoisotopic (exact) mass is 164 g/mol. The summed E-state index contributed by atoms with van der Waals surface area (Å²) in [6.07, 6.45) is 3.43. The maximum Gasteiger partial charge on any atom is 0.0628 e. The molecule has 2 atom stereocenters. The van der Waals surface area contributed by atoms with Gasteiger partial charge >= 0.3 is 0 Å². The van der Waals surface area contributed by atoms with Gasteiger partial charge < -0.3 is 4.90 Å². The summed E-state index contributed by atoms with van der Waals surface area (Å²) >= 11 is 0. The minimum atomic E-state index is 0.434. The fraction of sp³-hybridized carbons (Fsp3) is 0.900. The third-order valence-electron chi connectivity index (χ3n) is 3.57. The number of nitriles is 1. The first-order valence-electron chi connectivity index (χ1n) is 4.90. The van der Waals surface area contributed by atoms with E-state index < -0.39 is 0 Å². The van der Waals surface area contributed by atoms with E-state index >= 15 is 0 Å². The highest BCUT2D eigenvalue weighted by molar-refractivity contribution is 5.10. The van der Waals surface area contributed by atoms with E-state index in [0.29, 0.717) is 5.41 Å². The molecule has 0 aromatic heterocycles. The van der Waals surface area contributed by atoms with Crippen molar-refractivity contribution in [1.29, 1.82) is 5.26 Å². The average Bonchev–Trinajstić information content (AvgIpc) is 2.77. The van der Waals surface area contributed by atoms with Crippen molar-refractivity contribution in [3.63, 3.8) is 0 Å². The Kier molecular flexibility index (Phi) is 1.84. The first-order valence-corrected chi connectivity index (χ1v) is 4.90. The number of hydrogen-bond acceptors (Lipinski definition) is 2. The maximum absolute atomic E-state index is 8.70. The van der Waals surface area contributed by atoms with Crippen LogP contribution in [0.25, 0.3) is 0 Å². The van der Waals surface area contributed by atoms with Crippen LogP contribution >= 0.6 is 0 Å². The molecule has 2 nitrogen and oxygen atoms in total. The topological polar surface area (TPSA) is 27.0 Å². The van der Waals surface area contributed by atoms with Crippen LogP contribution in [-0.4, -0.2) is 24.5 Å². The molecule has 0 N–H and O–H groups in total. The van der Waals surface area contributed by atoms with Crippen LogP contribution in [0, 0.1) is 22.7 Å². The molecule has 0 aromatic rings. The molecular weight excluding hydrogens is 148 g/mol. The average molecular weight is 164 g/mol. The second kappa shape index (κ2) is 2.74. The SMILES string of the molecule is CCN1CCC2CC2(CC#N)C1. The predicted octanol–water partition coefficient (Wildman–Crippen LogP) is 1.63. The van der Waals surface area contributed by atoms with Crippen LogP contribution in [-0.2, 0) is 0 Å². The van der Waals surface area contributed by atoms with E-state index in [1.165, 1.54) is 25.9 Å². The van der Waals surface area contributed by atoms with E-state index in [1.807, 2.05) is 0 Å². The fourth-order valence-corrected chi connectivity index (χ4v) is 2.60. The van der Waals surface area contributed by atoms with Gasteiger partial charge in [-0.2, -0.15) is 5.26 Å². The zero-order valence-corrected chi connectivity index (χ0v) is 7.71. The second-order valence-corrected chi connectivity index (χ2v) is 4.26. The van der Waals surface area contributed by atoms with E-state index in [1.54, 1.807) is 0 Å². The zero-order chi connectivity index (χ0) is 8.60. The first kappa shape index (κ1) is 8.07. The lowest BCUT2D eigenvalue weighted by atomic mass is 9.94. The molecule has 2 rings (SSSR count). The summed E-state index contributed by atoms with van der Waals surface area (Å²) in [6.45, 7) is 5.80. The van der Waals surface area contributed by atoms with Gasteiger partial charge in [-0.3, -0.25) is 0 Å². The molecule has 0 aromatic carbocycles. The summed E-state index contributed by atoms with van der Waals surface area (Å²) in [5, 5.41) is 8.70. The summed E-state index contributed by atoms with van der Waals surface area (Å²) in [6, 6.07) is 2.34. The Morgan fingerprint density at radius 3 is 3.17 bits per heavy atom. The Morgan fingerprint density at radius 2 is 2.50 bits per heavy atom. The van der Waals surface area contributed by atoms with E-state index in [2.05, 4.69) is 17.9 Å². The third kappa shape index (κ3) is 1.13. The highest BCUT2D eigenvalue weighted by atomic mass is 15.1. The smallest absolute Gasteiger partial charge is 0.0628 e. The molecule has 1 saturated carbocycles. The minimum absolute atomic E-state index is 0.434. The maximum atomic E-state index is 8.70. The quantitative estimate of drug-likeness (QED) is 0.620. The molecule has 1 heterocycles. The Balaban J connectivity index is 1.98. The van der Waals surface area contributed by atoms with Gasteiger partial charge in [0.2, 0.25) is 0 Å². The number of nitrogens with zero attached hydrogens (tertiary/aromatic N) is 2. The van der Waals surface area contributed by atoms with Crippen molar-refractivity contribution in [2.24, 2.45) is 11.3 Å². The van der Waals surface area contributed by atoms with Crippen molar-refractivity contribution in [2.45, 2.75) is 26.2 Å². The third-order valence-corrected chi connectivity index (χ3v) is 3.57. The summed E-state index contributed by atoms with van der Waals surface area (Å²) in [7, 11) is 0. The fourth-order valence-electron chi connectivity index (χ4n) is 2.60. The Hall–Kier alpha value is -0.550. The van der Waals surface area contributed by atoms with Crippen molar-refractivity contribution in [3.8, 4) is 6.07 Å². The Bertz CT molecular complexity index is 218. The normalized spacial score (nSPS) is 40.2. The van der Waals surface area contributed by atoms with Crippen LogP contribution in [0.2, 0.25) is 0 Å². The van der Waals surface area contributed by atoms with Gasteiger partial charge in [0.1, 0.15) is 0 Å². The van der Waals surface area contributed by atoms with Crippen molar-refractivity contribution >= 4 is 0 Å². The van der Waals surface area contributed by atoms with Gasteiger partial charge in [-0.05, 0) is 37.3 Å². The predicted molar refractivity (Wildman–Crippen MR) is 47.5 cm³/mol. The summed E-state index contributed by atoms with van der Waals surface area (Å²) in [5.41, 5.74) is 0.434. The highest BCUT2D eigenvalue weighted by Crippen LogP contribution is 2.59. The molecule has 0 spiro atoms. The Labute approximate surface area is 74.2 Å². The number of fused-ring (bicyclic) bond motifs is 1. The second-order valence-electron chi connectivity index (χ2n) is 4.26. The molecule has 2 heteroatoms. The van der Waals surface area contributed by atoms with E-state index in [4.69, 9.17) is 5.26 Å². The van der Waals surface area contributed by atoms with Gasteiger partial charge in [-0.25, -0.2) is 0 Å². The molecule has 1 saturated heterocycles. The highest BCUT2D eigenvalue weighted by Gasteiger charge is 2.55. The van der Waals surface area contributed by atoms with Crippen molar-refractivity contribution in [1.82, 2.24) is 4.90 Å². The van der Waals surface area contributed by atoms with Crippen molar-refractivity contribution < 1.29 is 0 Å². The minimum Gasteiger partial charge on any atom is -0.303 e. The van der Waals surface area contributed by atoms with E-state index in [0.717, 1.165) is 18.9 Å². The number of hydrogen-bond donors (Lipinski definition) is 0. The molecule has 1 aliphatic heterocycles. The molecule has 1 aliphatic carbocycles. The van der Waals surface area contributed by atoms with Gasteiger partial charge in [0.15, 0.2) is 0 Å². The van der Waals surface area contributed by atoms with E-state index in [-0.39, 0.29) is 0 Å². The van der Waals surface area contributed by atoms with Gasteiger partial charge in [0, 0.05) is 13.0 Å². The van der Waals surface area contributed by atoms with Crippen LogP contribution < -0.4 is 0 Å². The molecule has 0 radical (unpaired) electrons. The summed E-state index contributed by atoms with van der Waals surface area (Å²) in [4.78, 5) is 2.49. The van der Waals surface area contributed by atoms with Gasteiger partial charge in [0.25, 0.3) is 0 Å². The van der Waals surface area contributed by atoms with E-state index in [9.17, 15) is 0 Å². The zero-order valence-electron chi connectivity index (χ0n) is 7.71. The molecule has 2 unspecified atom stereocenters. The molecular formula is C10H16N2.